The fraction of sp³-hybridized carbons (Fsp3) is 0.188. The molecule has 0 unspecified atom stereocenters. The van der Waals surface area contributed by atoms with E-state index in [9.17, 15) is 19.2 Å². The van der Waals surface area contributed by atoms with Crippen molar-refractivity contribution >= 4 is 46.7 Å². The summed E-state index contributed by atoms with van der Waals surface area (Å²) in [6.07, 6.45) is 1.91. The van der Waals surface area contributed by atoms with Gasteiger partial charge in [-0.2, -0.15) is 0 Å². The van der Waals surface area contributed by atoms with E-state index in [0.717, 1.165) is 12.2 Å². The lowest BCUT2D eigenvalue weighted by molar-refractivity contribution is -0.137. The topological polar surface area (TPSA) is 126 Å². The molecule has 3 amide bonds. The van der Waals surface area contributed by atoms with Crippen LogP contribution in [0.15, 0.2) is 36.4 Å². The summed E-state index contributed by atoms with van der Waals surface area (Å²) in [6.45, 7) is 3.21. The van der Waals surface area contributed by atoms with E-state index in [0.29, 0.717) is 11.3 Å². The second-order valence-electron chi connectivity index (χ2n) is 4.74. The lowest BCUT2D eigenvalue weighted by Gasteiger charge is -2.10. The van der Waals surface area contributed by atoms with E-state index in [-0.39, 0.29) is 17.6 Å². The summed E-state index contributed by atoms with van der Waals surface area (Å²) in [6, 6.07) is 6.14. The number of rotatable bonds is 5. The van der Waals surface area contributed by atoms with Gasteiger partial charge in [0.15, 0.2) is 5.11 Å². The summed E-state index contributed by atoms with van der Waals surface area (Å²) in [5, 5.41) is 4.66. The molecule has 0 radical (unpaired) electrons. The van der Waals surface area contributed by atoms with Crippen LogP contribution in [0.3, 0.4) is 0 Å². The lowest BCUT2D eigenvalue weighted by Crippen LogP contribution is -2.48. The first-order valence-electron chi connectivity index (χ1n) is 7.45. The number of nitrogens with one attached hydrogen (secondary N) is 4. The zero-order valence-electron chi connectivity index (χ0n) is 14.1. The Bertz CT molecular complexity index is 731. The molecule has 1 rings (SSSR count). The molecule has 26 heavy (non-hydrogen) atoms. The van der Waals surface area contributed by atoms with Crippen LogP contribution in [0.4, 0.5) is 5.69 Å². The normalized spacial score (nSPS) is 9.92. The van der Waals surface area contributed by atoms with Crippen LogP contribution in [-0.4, -0.2) is 35.4 Å². The van der Waals surface area contributed by atoms with Gasteiger partial charge in [0.2, 0.25) is 11.8 Å². The number of amides is 3. The van der Waals surface area contributed by atoms with Gasteiger partial charge in [0.25, 0.3) is 5.91 Å². The first-order valence-corrected chi connectivity index (χ1v) is 7.86. The molecule has 0 saturated carbocycles. The zero-order valence-corrected chi connectivity index (χ0v) is 14.9. The van der Waals surface area contributed by atoms with Gasteiger partial charge in [0.1, 0.15) is 0 Å². The van der Waals surface area contributed by atoms with Crippen molar-refractivity contribution in [3.05, 3.63) is 42.0 Å². The van der Waals surface area contributed by atoms with Gasteiger partial charge in [-0.25, -0.2) is 4.79 Å². The van der Waals surface area contributed by atoms with Crippen LogP contribution in [0.25, 0.3) is 0 Å². The fourth-order valence-electron chi connectivity index (χ4n) is 1.61. The van der Waals surface area contributed by atoms with Gasteiger partial charge in [-0.15, -0.1) is 0 Å². The van der Waals surface area contributed by atoms with Crippen molar-refractivity contribution in [1.29, 1.82) is 0 Å². The molecule has 9 nitrogen and oxygen atoms in total. The average Bonchev–Trinajstić information content (AvgIpc) is 2.58. The first-order chi connectivity index (χ1) is 12.3. The number of anilines is 1. The molecule has 0 bridgehead atoms. The van der Waals surface area contributed by atoms with Crippen molar-refractivity contribution in [1.82, 2.24) is 16.2 Å². The molecule has 0 spiro atoms. The quantitative estimate of drug-likeness (QED) is 0.253. The zero-order chi connectivity index (χ0) is 19.5. The van der Waals surface area contributed by atoms with E-state index in [1.165, 1.54) is 19.1 Å². The molecule has 138 valence electrons. The SMILES string of the molecule is CCOC(=O)/C=C/C(=O)NC(=S)NNC(=O)c1ccc(NC(C)=O)cc1. The van der Waals surface area contributed by atoms with Crippen molar-refractivity contribution in [3.63, 3.8) is 0 Å². The second-order valence-corrected chi connectivity index (χ2v) is 5.15. The molecular weight excluding hydrogens is 360 g/mol. The summed E-state index contributed by atoms with van der Waals surface area (Å²) in [5.41, 5.74) is 5.52. The van der Waals surface area contributed by atoms with Crippen LogP contribution in [-0.2, 0) is 19.1 Å². The lowest BCUT2D eigenvalue weighted by atomic mass is 10.2. The van der Waals surface area contributed by atoms with Crippen LogP contribution in [0, 0.1) is 0 Å². The Labute approximate surface area is 155 Å². The average molecular weight is 378 g/mol. The van der Waals surface area contributed by atoms with Gasteiger partial charge >= 0.3 is 5.97 Å². The highest BCUT2D eigenvalue weighted by Crippen LogP contribution is 2.09. The van der Waals surface area contributed by atoms with Gasteiger partial charge in [-0.3, -0.25) is 30.6 Å². The number of carbonyl (C=O) groups excluding carboxylic acids is 4. The predicted octanol–water partition coefficient (Wildman–Crippen LogP) is 0.400. The monoisotopic (exact) mass is 378 g/mol. The molecule has 0 saturated heterocycles. The van der Waals surface area contributed by atoms with Gasteiger partial charge < -0.3 is 10.1 Å². The highest BCUT2D eigenvalue weighted by Gasteiger charge is 2.07. The largest absolute Gasteiger partial charge is 0.463 e. The van der Waals surface area contributed by atoms with Crippen LogP contribution in [0.5, 0.6) is 0 Å². The summed E-state index contributed by atoms with van der Waals surface area (Å²) in [4.78, 5) is 45.5. The van der Waals surface area contributed by atoms with E-state index in [2.05, 4.69) is 26.2 Å². The number of carbonyl (C=O) groups is 4. The molecule has 0 aliphatic heterocycles. The third-order valence-corrected chi connectivity index (χ3v) is 2.86. The van der Waals surface area contributed by atoms with Crippen molar-refractivity contribution in [2.24, 2.45) is 0 Å². The van der Waals surface area contributed by atoms with Gasteiger partial charge in [0.05, 0.1) is 6.61 Å². The van der Waals surface area contributed by atoms with E-state index >= 15 is 0 Å². The number of hydrogen-bond donors (Lipinski definition) is 4. The summed E-state index contributed by atoms with van der Waals surface area (Å²) in [7, 11) is 0. The number of thiocarbonyl (C=S) groups is 1. The van der Waals surface area contributed by atoms with E-state index in [1.807, 2.05) is 0 Å². The molecule has 1 aromatic carbocycles. The minimum atomic E-state index is -0.663. The summed E-state index contributed by atoms with van der Waals surface area (Å²) in [5.74, 6) is -2.04. The first kappa shape index (κ1) is 20.8. The molecule has 1 aromatic rings. The van der Waals surface area contributed by atoms with Crippen LogP contribution < -0.4 is 21.5 Å². The Morgan fingerprint density at radius 2 is 1.73 bits per heavy atom. The van der Waals surface area contributed by atoms with Crippen molar-refractivity contribution in [2.75, 3.05) is 11.9 Å². The summed E-state index contributed by atoms with van der Waals surface area (Å²) >= 11 is 4.84. The van der Waals surface area contributed by atoms with Crippen molar-refractivity contribution in [2.45, 2.75) is 13.8 Å². The third kappa shape index (κ3) is 8.02. The van der Waals surface area contributed by atoms with E-state index in [1.54, 1.807) is 19.1 Å². The summed E-state index contributed by atoms with van der Waals surface area (Å²) < 4.78 is 4.62. The molecule has 0 heterocycles. The molecule has 0 aliphatic carbocycles. The molecule has 0 atom stereocenters. The van der Waals surface area contributed by atoms with Crippen molar-refractivity contribution < 1.29 is 23.9 Å². The molecule has 0 aliphatic rings. The number of hydrazine groups is 1. The molecule has 10 heteroatoms. The van der Waals surface area contributed by atoms with Crippen LogP contribution in [0.2, 0.25) is 0 Å². The highest BCUT2D eigenvalue weighted by atomic mass is 32.1. The maximum atomic E-state index is 11.9. The van der Waals surface area contributed by atoms with Crippen molar-refractivity contribution in [3.8, 4) is 0 Å². The van der Waals surface area contributed by atoms with Crippen LogP contribution >= 0.6 is 12.2 Å². The standard InChI is InChI=1S/C16H18N4O5S/c1-3-25-14(23)9-8-13(22)18-16(26)20-19-15(24)11-4-6-12(7-5-11)17-10(2)21/h4-9H,3H2,1-2H3,(H,17,21)(H,19,24)(H2,18,20,22,26)/b9-8+. The second kappa shape index (κ2) is 10.6. The minimum Gasteiger partial charge on any atom is -0.463 e. The minimum absolute atomic E-state index is 0.160. The molecule has 0 aromatic heterocycles. The number of hydrogen-bond acceptors (Lipinski definition) is 6. The Hall–Kier alpha value is -3.27. The maximum Gasteiger partial charge on any atom is 0.330 e. The predicted molar refractivity (Wildman–Crippen MR) is 97.9 cm³/mol. The Balaban J connectivity index is 2.44. The molecule has 4 N–H and O–H groups in total. The van der Waals surface area contributed by atoms with Gasteiger partial charge in [-0.05, 0) is 43.4 Å². The van der Waals surface area contributed by atoms with E-state index < -0.39 is 17.8 Å². The fourth-order valence-corrected chi connectivity index (χ4v) is 1.76. The van der Waals surface area contributed by atoms with E-state index in [4.69, 9.17) is 12.2 Å². The number of esters is 1. The van der Waals surface area contributed by atoms with Gasteiger partial charge in [-0.1, -0.05) is 0 Å². The number of ether oxygens (including phenoxy) is 1. The molecular formula is C16H18N4O5S. The third-order valence-electron chi connectivity index (χ3n) is 2.65. The smallest absolute Gasteiger partial charge is 0.330 e. The maximum absolute atomic E-state index is 11.9. The van der Waals surface area contributed by atoms with Gasteiger partial charge in [0, 0.05) is 30.3 Å². The Kier molecular flexibility index (Phi) is 8.44. The Morgan fingerprint density at radius 3 is 2.31 bits per heavy atom. The highest BCUT2D eigenvalue weighted by molar-refractivity contribution is 7.80. The van der Waals surface area contributed by atoms with Crippen LogP contribution in [0.1, 0.15) is 24.2 Å². The Morgan fingerprint density at radius 1 is 1.08 bits per heavy atom. The molecule has 0 fully saturated rings. The number of benzene rings is 1.